The van der Waals surface area contributed by atoms with Gasteiger partial charge in [0.05, 0.1) is 5.75 Å². The van der Waals surface area contributed by atoms with E-state index in [-0.39, 0.29) is 5.75 Å². The molecular formula is C10H14O2S. The summed E-state index contributed by atoms with van der Waals surface area (Å²) in [5.74, 6) is 0.144. The highest BCUT2D eigenvalue weighted by molar-refractivity contribution is 7.89. The number of aryl methyl sites for hydroxylation is 2. The molecule has 0 radical (unpaired) electrons. The maximum Gasteiger partial charge on any atom is 0.151 e. The molecule has 13 heavy (non-hydrogen) atoms. The van der Waals surface area contributed by atoms with E-state index in [1.807, 2.05) is 32.0 Å². The van der Waals surface area contributed by atoms with Gasteiger partial charge in [-0.2, -0.15) is 0 Å². The molecule has 0 N–H and O–H groups in total. The summed E-state index contributed by atoms with van der Waals surface area (Å²) >= 11 is 0. The lowest BCUT2D eigenvalue weighted by molar-refractivity contribution is 0.601. The highest BCUT2D eigenvalue weighted by Gasteiger charge is 2.08. The molecule has 1 aromatic carbocycles. The normalized spacial score (nSPS) is 11.6. The molecule has 3 heteroatoms. The Balaban J connectivity index is 3.15. The fraction of sp³-hybridized carbons (Fsp3) is 0.400. The Morgan fingerprint density at radius 3 is 2.00 bits per heavy atom. The fourth-order valence-corrected chi connectivity index (χ4v) is 2.32. The Morgan fingerprint density at radius 1 is 1.15 bits per heavy atom. The minimum absolute atomic E-state index is 0.144. The summed E-state index contributed by atoms with van der Waals surface area (Å²) in [7, 11) is -2.92. The first-order valence-corrected chi connectivity index (χ1v) is 6.19. The first kappa shape index (κ1) is 10.3. The summed E-state index contributed by atoms with van der Waals surface area (Å²) in [6.07, 6.45) is 1.26. The minimum Gasteiger partial charge on any atom is -0.229 e. The second kappa shape index (κ2) is 3.50. The smallest absolute Gasteiger partial charge is 0.151 e. The van der Waals surface area contributed by atoms with Crippen LogP contribution >= 0.6 is 0 Å². The molecule has 0 fully saturated rings. The van der Waals surface area contributed by atoms with Gasteiger partial charge in [-0.15, -0.1) is 0 Å². The second-order valence-corrected chi connectivity index (χ2v) is 5.58. The monoisotopic (exact) mass is 198 g/mol. The Labute approximate surface area is 79.5 Å². The molecule has 0 aliphatic carbocycles. The summed E-state index contributed by atoms with van der Waals surface area (Å²) in [6.45, 7) is 3.88. The van der Waals surface area contributed by atoms with Gasteiger partial charge >= 0.3 is 0 Å². The number of hydrogen-bond donors (Lipinski definition) is 0. The maximum absolute atomic E-state index is 11.1. The van der Waals surface area contributed by atoms with E-state index in [9.17, 15) is 8.42 Å². The molecule has 0 aliphatic rings. The summed E-state index contributed by atoms with van der Waals surface area (Å²) in [4.78, 5) is 0. The standard InChI is InChI=1S/C10H14O2S/c1-8-5-4-6-9(2)10(8)7-13(3,11)12/h4-6H,7H2,1-3H3. The SMILES string of the molecule is Cc1cccc(C)c1CS(C)(=O)=O. The van der Waals surface area contributed by atoms with E-state index < -0.39 is 9.84 Å². The maximum atomic E-state index is 11.1. The molecule has 0 aromatic heterocycles. The zero-order valence-electron chi connectivity index (χ0n) is 8.16. The van der Waals surface area contributed by atoms with Gasteiger partial charge < -0.3 is 0 Å². The average Bonchev–Trinajstić information content (AvgIpc) is 1.95. The van der Waals surface area contributed by atoms with Gasteiger partial charge in [0.25, 0.3) is 0 Å². The zero-order valence-corrected chi connectivity index (χ0v) is 8.98. The second-order valence-electron chi connectivity index (χ2n) is 3.44. The van der Waals surface area contributed by atoms with Crippen LogP contribution in [0.4, 0.5) is 0 Å². The van der Waals surface area contributed by atoms with Crippen molar-refractivity contribution in [1.29, 1.82) is 0 Å². The molecule has 0 bridgehead atoms. The van der Waals surface area contributed by atoms with Crippen molar-refractivity contribution in [2.75, 3.05) is 6.26 Å². The lowest BCUT2D eigenvalue weighted by Crippen LogP contribution is -2.04. The van der Waals surface area contributed by atoms with Gasteiger partial charge in [0.2, 0.25) is 0 Å². The van der Waals surface area contributed by atoms with Gasteiger partial charge in [-0.1, -0.05) is 18.2 Å². The van der Waals surface area contributed by atoms with E-state index >= 15 is 0 Å². The van der Waals surface area contributed by atoms with Crippen LogP contribution in [0.15, 0.2) is 18.2 Å². The molecular weight excluding hydrogens is 184 g/mol. The Morgan fingerprint density at radius 2 is 1.62 bits per heavy atom. The van der Waals surface area contributed by atoms with Crippen LogP contribution in [0.1, 0.15) is 16.7 Å². The number of hydrogen-bond acceptors (Lipinski definition) is 2. The molecule has 72 valence electrons. The van der Waals surface area contributed by atoms with Crippen LogP contribution in [0.25, 0.3) is 0 Å². The third-order valence-corrected chi connectivity index (χ3v) is 2.86. The van der Waals surface area contributed by atoms with E-state index in [0.29, 0.717) is 0 Å². The summed E-state index contributed by atoms with van der Waals surface area (Å²) in [6, 6.07) is 5.82. The molecule has 0 amide bonds. The van der Waals surface area contributed by atoms with Crippen LogP contribution in [0.2, 0.25) is 0 Å². The molecule has 0 saturated carbocycles. The van der Waals surface area contributed by atoms with Crippen LogP contribution in [0.3, 0.4) is 0 Å². The summed E-state index contributed by atoms with van der Waals surface area (Å²) in [5.41, 5.74) is 3.03. The number of sulfone groups is 1. The Kier molecular flexibility index (Phi) is 2.76. The van der Waals surface area contributed by atoms with Gasteiger partial charge in [-0.05, 0) is 30.5 Å². The zero-order chi connectivity index (χ0) is 10.1. The number of rotatable bonds is 2. The molecule has 0 aliphatic heterocycles. The third kappa shape index (κ3) is 2.84. The van der Waals surface area contributed by atoms with Crippen molar-refractivity contribution in [3.05, 3.63) is 34.9 Å². The summed E-state index contributed by atoms with van der Waals surface area (Å²) in [5, 5.41) is 0. The first-order chi connectivity index (χ1) is 5.90. The Hall–Kier alpha value is -0.830. The van der Waals surface area contributed by atoms with Crippen molar-refractivity contribution >= 4 is 9.84 Å². The van der Waals surface area contributed by atoms with Crippen LogP contribution in [0.5, 0.6) is 0 Å². The van der Waals surface area contributed by atoms with Crippen LogP contribution in [0, 0.1) is 13.8 Å². The third-order valence-electron chi connectivity index (χ3n) is 2.05. The van der Waals surface area contributed by atoms with Crippen LogP contribution in [-0.4, -0.2) is 14.7 Å². The van der Waals surface area contributed by atoms with E-state index in [0.717, 1.165) is 16.7 Å². The predicted octanol–water partition coefficient (Wildman–Crippen LogP) is 1.85. The van der Waals surface area contributed by atoms with Gasteiger partial charge in [0.1, 0.15) is 0 Å². The van der Waals surface area contributed by atoms with E-state index in [1.54, 1.807) is 0 Å². The van der Waals surface area contributed by atoms with Crippen molar-refractivity contribution in [3.8, 4) is 0 Å². The average molecular weight is 198 g/mol. The van der Waals surface area contributed by atoms with Gasteiger partial charge in [-0.25, -0.2) is 8.42 Å². The van der Waals surface area contributed by atoms with Crippen LogP contribution in [-0.2, 0) is 15.6 Å². The van der Waals surface area contributed by atoms with Gasteiger partial charge in [-0.3, -0.25) is 0 Å². The largest absolute Gasteiger partial charge is 0.229 e. The molecule has 0 spiro atoms. The minimum atomic E-state index is -2.92. The van der Waals surface area contributed by atoms with Crippen molar-refractivity contribution in [1.82, 2.24) is 0 Å². The highest BCUT2D eigenvalue weighted by atomic mass is 32.2. The molecule has 1 aromatic rings. The number of benzene rings is 1. The molecule has 0 unspecified atom stereocenters. The van der Waals surface area contributed by atoms with E-state index in [1.165, 1.54) is 6.26 Å². The quantitative estimate of drug-likeness (QED) is 0.726. The van der Waals surface area contributed by atoms with Crippen molar-refractivity contribution in [3.63, 3.8) is 0 Å². The van der Waals surface area contributed by atoms with Crippen molar-refractivity contribution < 1.29 is 8.42 Å². The van der Waals surface area contributed by atoms with Crippen molar-refractivity contribution in [2.24, 2.45) is 0 Å². The van der Waals surface area contributed by atoms with Gasteiger partial charge in [0, 0.05) is 6.26 Å². The lowest BCUT2D eigenvalue weighted by atomic mass is 10.1. The van der Waals surface area contributed by atoms with Crippen molar-refractivity contribution in [2.45, 2.75) is 19.6 Å². The van der Waals surface area contributed by atoms with Crippen LogP contribution < -0.4 is 0 Å². The van der Waals surface area contributed by atoms with E-state index in [4.69, 9.17) is 0 Å². The topological polar surface area (TPSA) is 34.1 Å². The molecule has 0 atom stereocenters. The lowest BCUT2D eigenvalue weighted by Gasteiger charge is -2.07. The predicted molar refractivity (Wildman–Crippen MR) is 54.5 cm³/mol. The molecule has 0 heterocycles. The molecule has 2 nitrogen and oxygen atoms in total. The Bertz CT molecular complexity index is 385. The molecule has 1 rings (SSSR count). The van der Waals surface area contributed by atoms with Gasteiger partial charge in [0.15, 0.2) is 9.84 Å². The first-order valence-electron chi connectivity index (χ1n) is 4.13. The summed E-state index contributed by atoms with van der Waals surface area (Å²) < 4.78 is 22.2. The molecule has 0 saturated heterocycles. The fourth-order valence-electron chi connectivity index (χ4n) is 1.34. The highest BCUT2D eigenvalue weighted by Crippen LogP contribution is 2.15. The van der Waals surface area contributed by atoms with E-state index in [2.05, 4.69) is 0 Å².